The Morgan fingerprint density at radius 2 is 1.80 bits per heavy atom. The lowest BCUT2D eigenvalue weighted by molar-refractivity contribution is 0.0198. The summed E-state index contributed by atoms with van der Waals surface area (Å²) < 4.78 is 5.41. The summed E-state index contributed by atoms with van der Waals surface area (Å²) in [6, 6.07) is 12.1. The molecule has 0 spiro atoms. The van der Waals surface area contributed by atoms with Gasteiger partial charge in [0, 0.05) is 30.5 Å². The van der Waals surface area contributed by atoms with Crippen LogP contribution in [0.5, 0.6) is 0 Å². The van der Waals surface area contributed by atoms with Gasteiger partial charge in [0.2, 0.25) is 0 Å². The minimum Gasteiger partial charge on any atom is -0.379 e. The predicted molar refractivity (Wildman–Crippen MR) is 98.9 cm³/mol. The highest BCUT2D eigenvalue weighted by Crippen LogP contribution is 2.23. The van der Waals surface area contributed by atoms with Crippen LogP contribution in [-0.4, -0.2) is 42.1 Å². The monoisotopic (exact) mass is 339 g/mol. The van der Waals surface area contributed by atoms with Crippen molar-refractivity contribution >= 4 is 11.6 Å². The van der Waals surface area contributed by atoms with E-state index in [9.17, 15) is 4.79 Å². The van der Waals surface area contributed by atoms with Gasteiger partial charge in [-0.15, -0.1) is 0 Å². The van der Waals surface area contributed by atoms with Gasteiger partial charge in [-0.2, -0.15) is 0 Å². The van der Waals surface area contributed by atoms with Gasteiger partial charge >= 0.3 is 0 Å². The Balaban J connectivity index is 1.66. The number of hydrogen-bond acceptors (Lipinski definition) is 4. The van der Waals surface area contributed by atoms with Crippen molar-refractivity contribution in [3.05, 3.63) is 58.9 Å². The Morgan fingerprint density at radius 3 is 2.44 bits per heavy atom. The smallest absolute Gasteiger partial charge is 0.257 e. The number of amides is 1. The van der Waals surface area contributed by atoms with Crippen molar-refractivity contribution in [2.24, 2.45) is 0 Å². The number of aromatic nitrogens is 1. The summed E-state index contributed by atoms with van der Waals surface area (Å²) in [7, 11) is 0. The molecule has 1 amide bonds. The molecule has 1 aromatic carbocycles. The molecule has 0 saturated carbocycles. The average Bonchev–Trinajstić information content (AvgIpc) is 2.62. The van der Waals surface area contributed by atoms with Crippen molar-refractivity contribution in [2.45, 2.75) is 26.8 Å². The molecule has 5 nitrogen and oxygen atoms in total. The third-order valence-corrected chi connectivity index (χ3v) is 4.71. The number of anilines is 1. The molecule has 3 rings (SSSR count). The number of carbonyl (C=O) groups excluding carboxylic acids is 1. The molecule has 5 heteroatoms. The van der Waals surface area contributed by atoms with Crippen LogP contribution in [0.15, 0.2) is 36.4 Å². The summed E-state index contributed by atoms with van der Waals surface area (Å²) in [6.45, 7) is 9.49. The topological polar surface area (TPSA) is 54.5 Å². The molecule has 1 aromatic heterocycles. The molecule has 25 heavy (non-hydrogen) atoms. The number of carbonyl (C=O) groups is 1. The third kappa shape index (κ3) is 4.24. The summed E-state index contributed by atoms with van der Waals surface area (Å²) in [6.07, 6.45) is 0. The molecule has 0 radical (unpaired) electrons. The molecule has 0 bridgehead atoms. The van der Waals surface area contributed by atoms with E-state index >= 15 is 0 Å². The standard InChI is InChI=1S/C20H25N3O2/c1-14-4-9-19(15(2)21-14)20(24)22-18-7-5-17(6-8-18)16(3)23-10-12-25-13-11-23/h4-9,16H,10-13H2,1-3H3,(H,22,24)/t16-/m1/s1. The largest absolute Gasteiger partial charge is 0.379 e. The molecular formula is C20H25N3O2. The summed E-state index contributed by atoms with van der Waals surface area (Å²) in [5.74, 6) is -0.126. The van der Waals surface area contributed by atoms with Crippen molar-refractivity contribution in [3.63, 3.8) is 0 Å². The number of hydrogen-bond donors (Lipinski definition) is 1. The Hall–Kier alpha value is -2.24. The van der Waals surface area contributed by atoms with E-state index in [4.69, 9.17) is 4.74 Å². The highest BCUT2D eigenvalue weighted by molar-refractivity contribution is 6.04. The highest BCUT2D eigenvalue weighted by Gasteiger charge is 2.18. The van der Waals surface area contributed by atoms with Crippen molar-refractivity contribution < 1.29 is 9.53 Å². The molecule has 0 aliphatic carbocycles. The van der Waals surface area contributed by atoms with Gasteiger partial charge < -0.3 is 10.1 Å². The van der Waals surface area contributed by atoms with Crippen LogP contribution in [-0.2, 0) is 4.74 Å². The van der Waals surface area contributed by atoms with Gasteiger partial charge in [-0.05, 0) is 50.6 Å². The maximum atomic E-state index is 12.4. The number of benzene rings is 1. The molecule has 1 fully saturated rings. The fourth-order valence-electron chi connectivity index (χ4n) is 3.15. The lowest BCUT2D eigenvalue weighted by Gasteiger charge is -2.32. The van der Waals surface area contributed by atoms with E-state index in [-0.39, 0.29) is 5.91 Å². The van der Waals surface area contributed by atoms with Gasteiger partial charge in [-0.3, -0.25) is 14.7 Å². The van der Waals surface area contributed by atoms with Crippen LogP contribution in [0.3, 0.4) is 0 Å². The number of pyridine rings is 1. The first-order valence-corrected chi connectivity index (χ1v) is 8.72. The van der Waals surface area contributed by atoms with Crippen molar-refractivity contribution in [2.75, 3.05) is 31.6 Å². The van der Waals surface area contributed by atoms with E-state index in [1.54, 1.807) is 0 Å². The van der Waals surface area contributed by atoms with Gasteiger partial charge in [0.15, 0.2) is 0 Å². The van der Waals surface area contributed by atoms with Gasteiger partial charge in [-0.1, -0.05) is 12.1 Å². The van der Waals surface area contributed by atoms with Crippen LogP contribution in [0.2, 0.25) is 0 Å². The number of morpholine rings is 1. The average molecular weight is 339 g/mol. The van der Waals surface area contributed by atoms with E-state index in [2.05, 4.69) is 34.3 Å². The van der Waals surface area contributed by atoms with Gasteiger partial charge in [0.25, 0.3) is 5.91 Å². The number of rotatable bonds is 4. The zero-order valence-electron chi connectivity index (χ0n) is 15.1. The van der Waals surface area contributed by atoms with E-state index in [0.717, 1.165) is 43.4 Å². The zero-order valence-corrected chi connectivity index (χ0v) is 15.1. The fraction of sp³-hybridized carbons (Fsp3) is 0.400. The van der Waals surface area contributed by atoms with Crippen molar-refractivity contribution in [1.29, 1.82) is 0 Å². The first-order chi connectivity index (χ1) is 12.0. The van der Waals surface area contributed by atoms with Crippen LogP contribution in [0, 0.1) is 13.8 Å². The fourth-order valence-corrected chi connectivity index (χ4v) is 3.15. The van der Waals surface area contributed by atoms with Crippen LogP contribution >= 0.6 is 0 Å². The third-order valence-electron chi connectivity index (χ3n) is 4.71. The second-order valence-corrected chi connectivity index (χ2v) is 6.49. The van der Waals surface area contributed by atoms with E-state index in [1.165, 1.54) is 5.56 Å². The Morgan fingerprint density at radius 1 is 1.12 bits per heavy atom. The lowest BCUT2D eigenvalue weighted by Crippen LogP contribution is -2.37. The molecule has 1 aliphatic rings. The second-order valence-electron chi connectivity index (χ2n) is 6.49. The molecular weight excluding hydrogens is 314 g/mol. The Bertz CT molecular complexity index is 737. The quantitative estimate of drug-likeness (QED) is 0.928. The molecule has 2 aromatic rings. The van der Waals surface area contributed by atoms with Crippen LogP contribution in [0.4, 0.5) is 5.69 Å². The van der Waals surface area contributed by atoms with Crippen molar-refractivity contribution in [1.82, 2.24) is 9.88 Å². The number of ether oxygens (including phenoxy) is 1. The molecule has 1 aliphatic heterocycles. The summed E-state index contributed by atoms with van der Waals surface area (Å²) in [5, 5.41) is 2.95. The van der Waals surface area contributed by atoms with Gasteiger partial charge in [0.05, 0.1) is 24.5 Å². The maximum absolute atomic E-state index is 12.4. The molecule has 1 N–H and O–H groups in total. The molecule has 2 heterocycles. The molecule has 1 atom stereocenters. The predicted octanol–water partition coefficient (Wildman–Crippen LogP) is 3.34. The van der Waals surface area contributed by atoms with Crippen LogP contribution < -0.4 is 5.32 Å². The molecule has 132 valence electrons. The molecule has 0 unspecified atom stereocenters. The SMILES string of the molecule is Cc1ccc(C(=O)Nc2ccc([C@@H](C)N3CCOCC3)cc2)c(C)n1. The van der Waals surface area contributed by atoms with Crippen LogP contribution in [0.1, 0.15) is 40.3 Å². The number of nitrogens with one attached hydrogen (secondary N) is 1. The van der Waals surface area contributed by atoms with Crippen molar-refractivity contribution in [3.8, 4) is 0 Å². The second kappa shape index (κ2) is 7.76. The Kier molecular flexibility index (Phi) is 5.46. The highest BCUT2D eigenvalue weighted by atomic mass is 16.5. The van der Waals surface area contributed by atoms with E-state index in [0.29, 0.717) is 11.6 Å². The van der Waals surface area contributed by atoms with Crippen LogP contribution in [0.25, 0.3) is 0 Å². The first kappa shape index (κ1) is 17.6. The van der Waals surface area contributed by atoms with E-state index in [1.807, 2.05) is 38.1 Å². The Labute approximate surface area is 149 Å². The first-order valence-electron chi connectivity index (χ1n) is 8.72. The van der Waals surface area contributed by atoms with Gasteiger partial charge in [0.1, 0.15) is 0 Å². The maximum Gasteiger partial charge on any atom is 0.257 e. The summed E-state index contributed by atoms with van der Waals surface area (Å²) >= 11 is 0. The minimum atomic E-state index is -0.126. The normalized spacial score (nSPS) is 16.4. The summed E-state index contributed by atoms with van der Waals surface area (Å²) in [4.78, 5) is 19.2. The van der Waals surface area contributed by atoms with E-state index < -0.39 is 0 Å². The number of aryl methyl sites for hydroxylation is 2. The number of nitrogens with zero attached hydrogens (tertiary/aromatic N) is 2. The molecule has 1 saturated heterocycles. The summed E-state index contributed by atoms with van der Waals surface area (Å²) in [5.41, 5.74) is 4.30. The lowest BCUT2D eigenvalue weighted by atomic mass is 10.1. The van der Waals surface area contributed by atoms with Gasteiger partial charge in [-0.25, -0.2) is 0 Å². The minimum absolute atomic E-state index is 0.126. The zero-order chi connectivity index (χ0) is 17.8.